The van der Waals surface area contributed by atoms with E-state index in [4.69, 9.17) is 21.1 Å². The zero-order valence-corrected chi connectivity index (χ0v) is 12.4. The Bertz CT molecular complexity index is 581. The SMILES string of the molecule is COc1ccc(COC(=O)CNc2ccc(Cl)cc2)cc1. The van der Waals surface area contributed by atoms with Crippen molar-refractivity contribution in [3.05, 3.63) is 59.1 Å². The summed E-state index contributed by atoms with van der Waals surface area (Å²) in [5.74, 6) is 0.454. The quantitative estimate of drug-likeness (QED) is 0.830. The van der Waals surface area contributed by atoms with Gasteiger partial charge in [0.1, 0.15) is 18.9 Å². The molecule has 2 aromatic carbocycles. The molecule has 0 saturated heterocycles. The molecule has 1 N–H and O–H groups in total. The first kappa shape index (κ1) is 15.2. The van der Waals surface area contributed by atoms with Crippen molar-refractivity contribution in [2.45, 2.75) is 6.61 Å². The number of hydrogen-bond donors (Lipinski definition) is 1. The summed E-state index contributed by atoms with van der Waals surface area (Å²) in [4.78, 5) is 11.6. The molecule has 0 bridgehead atoms. The Hall–Kier alpha value is -2.20. The van der Waals surface area contributed by atoms with Crippen LogP contribution in [0.2, 0.25) is 5.02 Å². The van der Waals surface area contributed by atoms with E-state index in [1.165, 1.54) is 0 Å². The lowest BCUT2D eigenvalue weighted by Gasteiger charge is -2.08. The summed E-state index contributed by atoms with van der Waals surface area (Å²) >= 11 is 5.79. The van der Waals surface area contributed by atoms with Crippen LogP contribution in [0.4, 0.5) is 5.69 Å². The lowest BCUT2D eigenvalue weighted by Crippen LogP contribution is -2.16. The second kappa shape index (κ2) is 7.55. The Labute approximate surface area is 128 Å². The molecule has 0 saturated carbocycles. The van der Waals surface area contributed by atoms with Crippen LogP contribution < -0.4 is 10.1 Å². The van der Waals surface area contributed by atoms with E-state index < -0.39 is 0 Å². The summed E-state index contributed by atoms with van der Waals surface area (Å²) in [6.07, 6.45) is 0. The number of methoxy groups -OCH3 is 1. The number of rotatable bonds is 6. The number of carbonyl (C=O) groups is 1. The number of benzene rings is 2. The van der Waals surface area contributed by atoms with E-state index in [9.17, 15) is 4.79 Å². The Kier molecular flexibility index (Phi) is 5.46. The maximum absolute atomic E-state index is 11.6. The molecule has 110 valence electrons. The van der Waals surface area contributed by atoms with Gasteiger partial charge < -0.3 is 14.8 Å². The fourth-order valence-corrected chi connectivity index (χ4v) is 1.80. The van der Waals surface area contributed by atoms with Gasteiger partial charge in [-0.15, -0.1) is 0 Å². The van der Waals surface area contributed by atoms with E-state index in [1.54, 1.807) is 31.4 Å². The molecule has 4 nitrogen and oxygen atoms in total. The molecule has 0 aliphatic carbocycles. The van der Waals surface area contributed by atoms with Crippen LogP contribution >= 0.6 is 11.6 Å². The summed E-state index contributed by atoms with van der Waals surface area (Å²) in [7, 11) is 1.61. The first-order valence-electron chi connectivity index (χ1n) is 6.45. The highest BCUT2D eigenvalue weighted by Crippen LogP contribution is 2.14. The van der Waals surface area contributed by atoms with E-state index in [0.717, 1.165) is 17.0 Å². The maximum Gasteiger partial charge on any atom is 0.325 e. The minimum Gasteiger partial charge on any atom is -0.497 e. The Morgan fingerprint density at radius 3 is 2.38 bits per heavy atom. The third-order valence-corrected chi connectivity index (χ3v) is 3.09. The first-order chi connectivity index (χ1) is 10.2. The Balaban J connectivity index is 1.75. The van der Waals surface area contributed by atoms with Crippen molar-refractivity contribution in [2.75, 3.05) is 19.0 Å². The van der Waals surface area contributed by atoms with Crippen LogP contribution in [-0.2, 0) is 16.1 Å². The van der Waals surface area contributed by atoms with Gasteiger partial charge in [0.25, 0.3) is 0 Å². The number of esters is 1. The van der Waals surface area contributed by atoms with E-state index in [1.807, 2.05) is 24.3 Å². The molecule has 0 aromatic heterocycles. The molecule has 21 heavy (non-hydrogen) atoms. The summed E-state index contributed by atoms with van der Waals surface area (Å²) in [6, 6.07) is 14.5. The third-order valence-electron chi connectivity index (χ3n) is 2.84. The van der Waals surface area contributed by atoms with Crippen LogP contribution in [0.25, 0.3) is 0 Å². The predicted molar refractivity (Wildman–Crippen MR) is 82.7 cm³/mol. The minimum absolute atomic E-state index is 0.109. The van der Waals surface area contributed by atoms with Gasteiger partial charge in [-0.2, -0.15) is 0 Å². The van der Waals surface area contributed by atoms with E-state index in [2.05, 4.69) is 5.32 Å². The van der Waals surface area contributed by atoms with Crippen LogP contribution in [0.15, 0.2) is 48.5 Å². The van der Waals surface area contributed by atoms with Crippen molar-refractivity contribution in [1.29, 1.82) is 0 Å². The minimum atomic E-state index is -0.319. The van der Waals surface area contributed by atoms with Crippen LogP contribution in [-0.4, -0.2) is 19.6 Å². The van der Waals surface area contributed by atoms with Crippen molar-refractivity contribution in [3.8, 4) is 5.75 Å². The van der Waals surface area contributed by atoms with Gasteiger partial charge in [-0.25, -0.2) is 0 Å². The Morgan fingerprint density at radius 2 is 1.76 bits per heavy atom. The molecule has 0 amide bonds. The van der Waals surface area contributed by atoms with Crippen molar-refractivity contribution < 1.29 is 14.3 Å². The fourth-order valence-electron chi connectivity index (χ4n) is 1.68. The molecule has 0 heterocycles. The molecule has 0 aliphatic heterocycles. The molecular weight excluding hydrogens is 290 g/mol. The van der Waals surface area contributed by atoms with Gasteiger partial charge in [0.05, 0.1) is 7.11 Å². The lowest BCUT2D eigenvalue weighted by molar-refractivity contribution is -0.142. The van der Waals surface area contributed by atoms with Gasteiger partial charge in [-0.1, -0.05) is 23.7 Å². The molecular formula is C16H16ClNO3. The van der Waals surface area contributed by atoms with Crippen molar-refractivity contribution in [2.24, 2.45) is 0 Å². The normalized spacial score (nSPS) is 10.0. The number of nitrogens with one attached hydrogen (secondary N) is 1. The fraction of sp³-hybridized carbons (Fsp3) is 0.188. The third kappa shape index (κ3) is 5.00. The van der Waals surface area contributed by atoms with Gasteiger partial charge in [0.2, 0.25) is 0 Å². The number of carbonyl (C=O) groups excluding carboxylic acids is 1. The topological polar surface area (TPSA) is 47.6 Å². The molecule has 0 atom stereocenters. The second-order valence-corrected chi connectivity index (χ2v) is 4.81. The van der Waals surface area contributed by atoms with Crippen LogP contribution in [0, 0.1) is 0 Å². The smallest absolute Gasteiger partial charge is 0.325 e. The van der Waals surface area contributed by atoms with E-state index >= 15 is 0 Å². The van der Waals surface area contributed by atoms with Gasteiger partial charge in [0.15, 0.2) is 0 Å². The van der Waals surface area contributed by atoms with Crippen molar-refractivity contribution in [1.82, 2.24) is 0 Å². The molecule has 0 unspecified atom stereocenters. The zero-order valence-electron chi connectivity index (χ0n) is 11.6. The molecule has 0 radical (unpaired) electrons. The van der Waals surface area contributed by atoms with E-state index in [0.29, 0.717) is 5.02 Å². The number of ether oxygens (including phenoxy) is 2. The highest BCUT2D eigenvalue weighted by Gasteiger charge is 2.03. The van der Waals surface area contributed by atoms with Crippen LogP contribution in [0.5, 0.6) is 5.75 Å². The van der Waals surface area contributed by atoms with Crippen molar-refractivity contribution >= 4 is 23.3 Å². The van der Waals surface area contributed by atoms with Gasteiger partial charge in [-0.3, -0.25) is 4.79 Å². The van der Waals surface area contributed by atoms with E-state index in [-0.39, 0.29) is 19.1 Å². The second-order valence-electron chi connectivity index (χ2n) is 4.37. The zero-order chi connectivity index (χ0) is 15.1. The molecule has 2 aromatic rings. The van der Waals surface area contributed by atoms with Gasteiger partial charge >= 0.3 is 5.97 Å². The molecule has 0 fully saturated rings. The monoisotopic (exact) mass is 305 g/mol. The van der Waals surface area contributed by atoms with Gasteiger partial charge in [0, 0.05) is 10.7 Å². The summed E-state index contributed by atoms with van der Waals surface area (Å²) in [5, 5.41) is 3.63. The summed E-state index contributed by atoms with van der Waals surface area (Å²) < 4.78 is 10.2. The van der Waals surface area contributed by atoms with Crippen molar-refractivity contribution in [3.63, 3.8) is 0 Å². The average Bonchev–Trinajstić information content (AvgIpc) is 2.53. The largest absolute Gasteiger partial charge is 0.497 e. The molecule has 5 heteroatoms. The number of hydrogen-bond acceptors (Lipinski definition) is 4. The average molecular weight is 306 g/mol. The standard InChI is InChI=1S/C16H16ClNO3/c1-20-15-8-2-12(3-9-15)11-21-16(19)10-18-14-6-4-13(17)5-7-14/h2-9,18H,10-11H2,1H3. The lowest BCUT2D eigenvalue weighted by atomic mass is 10.2. The highest BCUT2D eigenvalue weighted by molar-refractivity contribution is 6.30. The summed E-state index contributed by atoms with van der Waals surface area (Å²) in [6.45, 7) is 0.350. The first-order valence-corrected chi connectivity index (χ1v) is 6.83. The van der Waals surface area contributed by atoms with Gasteiger partial charge in [-0.05, 0) is 42.0 Å². The van der Waals surface area contributed by atoms with Crippen LogP contribution in [0.1, 0.15) is 5.56 Å². The summed E-state index contributed by atoms with van der Waals surface area (Å²) in [5.41, 5.74) is 1.73. The molecule has 0 aliphatic rings. The van der Waals surface area contributed by atoms with Crippen LogP contribution in [0.3, 0.4) is 0 Å². The Morgan fingerprint density at radius 1 is 1.10 bits per heavy atom. The number of halogens is 1. The molecule has 0 spiro atoms. The predicted octanol–water partition coefficient (Wildman–Crippen LogP) is 3.50. The molecule has 2 rings (SSSR count). The highest BCUT2D eigenvalue weighted by atomic mass is 35.5. The maximum atomic E-state index is 11.6. The number of anilines is 1.